The Hall–Kier alpha value is -3.16. The predicted octanol–water partition coefficient (Wildman–Crippen LogP) is 4.05. The average Bonchev–Trinajstić information content (AvgIpc) is 3.40. The summed E-state index contributed by atoms with van der Waals surface area (Å²) in [6, 6.07) is 5.11. The number of nitrogens with zero attached hydrogens (tertiary/aromatic N) is 2. The average molecular weight is 413 g/mol. The van der Waals surface area contributed by atoms with Crippen molar-refractivity contribution >= 4 is 0 Å². The van der Waals surface area contributed by atoms with Crippen LogP contribution >= 0.6 is 0 Å². The van der Waals surface area contributed by atoms with E-state index in [-0.39, 0.29) is 23.9 Å². The molecule has 0 saturated heterocycles. The summed E-state index contributed by atoms with van der Waals surface area (Å²) >= 11 is 0. The van der Waals surface area contributed by atoms with E-state index in [1.165, 1.54) is 0 Å². The van der Waals surface area contributed by atoms with Crippen LogP contribution in [0.2, 0.25) is 0 Å². The van der Waals surface area contributed by atoms with Crippen molar-refractivity contribution in [2.24, 2.45) is 0 Å². The van der Waals surface area contributed by atoms with Gasteiger partial charge in [-0.15, -0.1) is 0 Å². The van der Waals surface area contributed by atoms with Gasteiger partial charge in [0.15, 0.2) is 17.4 Å². The quantitative estimate of drug-likeness (QED) is 0.632. The number of hydrogen-bond donors (Lipinski definition) is 2. The van der Waals surface area contributed by atoms with Gasteiger partial charge in [0, 0.05) is 18.0 Å². The Labute approximate surface area is 172 Å². The van der Waals surface area contributed by atoms with Gasteiger partial charge in [-0.1, -0.05) is 18.0 Å². The van der Waals surface area contributed by atoms with E-state index in [1.807, 2.05) is 6.92 Å². The Bertz CT molecular complexity index is 1120. The van der Waals surface area contributed by atoms with Crippen LogP contribution in [-0.4, -0.2) is 20.2 Å². The highest BCUT2D eigenvalue weighted by atomic mass is 19.1. The lowest BCUT2D eigenvalue weighted by Gasteiger charge is -2.16. The van der Waals surface area contributed by atoms with Crippen molar-refractivity contribution in [1.29, 1.82) is 0 Å². The molecular formula is C22H24FN3O4. The van der Waals surface area contributed by atoms with Crippen molar-refractivity contribution in [2.75, 3.05) is 0 Å². The minimum Gasteiger partial charge on any atom is -0.506 e. The van der Waals surface area contributed by atoms with E-state index >= 15 is 0 Å². The molecule has 2 heterocycles. The molecule has 4 rings (SSSR count). The van der Waals surface area contributed by atoms with Crippen LogP contribution in [0, 0.1) is 19.7 Å². The topological polar surface area (TPSA) is 101 Å². The number of halogens is 1. The second kappa shape index (κ2) is 8.30. The molecule has 1 aromatic carbocycles. The lowest BCUT2D eigenvalue weighted by atomic mass is 9.96. The van der Waals surface area contributed by atoms with Crippen LogP contribution < -0.4 is 10.5 Å². The van der Waals surface area contributed by atoms with Crippen molar-refractivity contribution in [1.82, 2.24) is 15.1 Å². The monoisotopic (exact) mass is 413 g/mol. The van der Waals surface area contributed by atoms with Crippen LogP contribution in [0.5, 0.6) is 11.5 Å². The third-order valence-corrected chi connectivity index (χ3v) is 5.73. The number of rotatable bonds is 6. The molecule has 0 amide bonds. The van der Waals surface area contributed by atoms with Crippen LogP contribution in [0.3, 0.4) is 0 Å². The van der Waals surface area contributed by atoms with Crippen molar-refractivity contribution in [3.63, 3.8) is 0 Å². The Kier molecular flexibility index (Phi) is 5.57. The summed E-state index contributed by atoms with van der Waals surface area (Å²) in [4.78, 5) is 18.1. The number of hydrogen-bond acceptors (Lipinski definition) is 6. The third-order valence-electron chi connectivity index (χ3n) is 5.73. The molecule has 0 radical (unpaired) electrons. The van der Waals surface area contributed by atoms with Gasteiger partial charge >= 0.3 is 5.76 Å². The Morgan fingerprint density at radius 3 is 2.77 bits per heavy atom. The largest absolute Gasteiger partial charge is 0.506 e. The molecule has 158 valence electrons. The summed E-state index contributed by atoms with van der Waals surface area (Å²) in [6.07, 6.45) is 4.86. The molecule has 0 unspecified atom stereocenters. The first-order valence-electron chi connectivity index (χ1n) is 10.1. The normalized spacial score (nSPS) is 14.4. The maximum Gasteiger partial charge on any atom is 0.439 e. The number of ether oxygens (including phenoxy) is 1. The highest BCUT2D eigenvalue weighted by Crippen LogP contribution is 2.37. The predicted molar refractivity (Wildman–Crippen MR) is 107 cm³/mol. The fourth-order valence-corrected chi connectivity index (χ4v) is 4.09. The van der Waals surface area contributed by atoms with E-state index in [0.717, 1.165) is 48.2 Å². The molecule has 8 heteroatoms. The third kappa shape index (κ3) is 4.08. The molecule has 0 bridgehead atoms. The van der Waals surface area contributed by atoms with Gasteiger partial charge in [-0.25, -0.2) is 9.18 Å². The molecule has 2 N–H and O–H groups in total. The van der Waals surface area contributed by atoms with Gasteiger partial charge in [-0.05, 0) is 61.6 Å². The van der Waals surface area contributed by atoms with Gasteiger partial charge in [0.25, 0.3) is 0 Å². The number of nitrogens with one attached hydrogen (secondary N) is 1. The van der Waals surface area contributed by atoms with Gasteiger partial charge in [-0.2, -0.15) is 0 Å². The highest BCUT2D eigenvalue weighted by Gasteiger charge is 2.22. The standard InChI is InChI=1S/C22H24FN3O4/c1-12-9-18(29-11-19-25-22(28)30-26-19)20(23)13(2)16(12)10-15-7-8-17(27)21(24-15)14-5-3-4-6-14/h7-9,14,27H,3-6,10-11H2,1-2H3,(H,25,26,28). The zero-order valence-corrected chi connectivity index (χ0v) is 17.0. The molecule has 7 nitrogen and oxygen atoms in total. The van der Waals surface area contributed by atoms with Crippen LogP contribution in [0.4, 0.5) is 4.39 Å². The number of aromatic hydroxyl groups is 1. The van der Waals surface area contributed by atoms with Crippen LogP contribution in [0.25, 0.3) is 0 Å². The second-order valence-corrected chi connectivity index (χ2v) is 7.80. The summed E-state index contributed by atoms with van der Waals surface area (Å²) in [5.74, 6) is -0.344. The summed E-state index contributed by atoms with van der Waals surface area (Å²) < 4.78 is 24.8. The summed E-state index contributed by atoms with van der Waals surface area (Å²) in [7, 11) is 0. The van der Waals surface area contributed by atoms with Gasteiger partial charge in [0.05, 0.1) is 5.69 Å². The number of H-pyrrole nitrogens is 1. The van der Waals surface area contributed by atoms with E-state index < -0.39 is 11.6 Å². The zero-order chi connectivity index (χ0) is 21.3. The Morgan fingerprint density at radius 2 is 2.07 bits per heavy atom. The first kappa shape index (κ1) is 20.1. The minimum absolute atomic E-state index is 0.0860. The number of pyridine rings is 1. The molecule has 3 aromatic rings. The molecule has 1 aliphatic carbocycles. The van der Waals surface area contributed by atoms with Crippen LogP contribution in [0.15, 0.2) is 27.5 Å². The Balaban J connectivity index is 1.56. The molecule has 30 heavy (non-hydrogen) atoms. The van der Waals surface area contributed by atoms with Gasteiger partial charge in [0.2, 0.25) is 0 Å². The van der Waals surface area contributed by atoms with Gasteiger partial charge in [-0.3, -0.25) is 14.5 Å². The molecule has 1 saturated carbocycles. The van der Waals surface area contributed by atoms with Crippen molar-refractivity contribution in [2.45, 2.75) is 58.5 Å². The van der Waals surface area contributed by atoms with E-state index in [9.17, 15) is 14.3 Å². The maximum atomic E-state index is 14.9. The first-order chi connectivity index (χ1) is 14.4. The number of aromatic amines is 1. The molecule has 1 fully saturated rings. The highest BCUT2D eigenvalue weighted by molar-refractivity contribution is 5.45. The lowest BCUT2D eigenvalue weighted by molar-refractivity contribution is 0.271. The molecule has 0 aliphatic heterocycles. The van der Waals surface area contributed by atoms with E-state index in [1.54, 1.807) is 25.1 Å². The number of aryl methyl sites for hydroxylation is 1. The minimum atomic E-state index is -0.685. The summed E-state index contributed by atoms with van der Waals surface area (Å²) in [6.45, 7) is 3.50. The molecular weight excluding hydrogens is 389 g/mol. The SMILES string of the molecule is Cc1cc(OCc2noc(=O)[nH]2)c(F)c(C)c1Cc1ccc(O)c(C2CCCC2)n1. The molecule has 2 aromatic heterocycles. The number of benzene rings is 1. The van der Waals surface area contributed by atoms with Crippen molar-refractivity contribution in [3.8, 4) is 11.5 Å². The van der Waals surface area contributed by atoms with Crippen molar-refractivity contribution < 1.29 is 18.8 Å². The summed E-state index contributed by atoms with van der Waals surface area (Å²) in [5, 5.41) is 13.7. The Morgan fingerprint density at radius 1 is 1.30 bits per heavy atom. The first-order valence-corrected chi connectivity index (χ1v) is 10.1. The fourth-order valence-electron chi connectivity index (χ4n) is 4.09. The van der Waals surface area contributed by atoms with E-state index in [2.05, 4.69) is 14.7 Å². The lowest BCUT2D eigenvalue weighted by Crippen LogP contribution is -2.07. The van der Waals surface area contributed by atoms with E-state index in [0.29, 0.717) is 17.9 Å². The molecule has 0 atom stereocenters. The van der Waals surface area contributed by atoms with Crippen LogP contribution in [-0.2, 0) is 13.0 Å². The molecule has 0 spiro atoms. The summed E-state index contributed by atoms with van der Waals surface area (Å²) in [5.41, 5.74) is 3.74. The maximum absolute atomic E-state index is 14.9. The smallest absolute Gasteiger partial charge is 0.439 e. The molecule has 1 aliphatic rings. The van der Waals surface area contributed by atoms with Crippen molar-refractivity contribution in [3.05, 3.63) is 68.5 Å². The second-order valence-electron chi connectivity index (χ2n) is 7.80. The van der Waals surface area contributed by atoms with Gasteiger partial charge in [0.1, 0.15) is 12.4 Å². The van der Waals surface area contributed by atoms with Gasteiger partial charge < -0.3 is 9.84 Å². The number of aromatic nitrogens is 3. The van der Waals surface area contributed by atoms with E-state index in [4.69, 9.17) is 9.72 Å². The van der Waals surface area contributed by atoms with Crippen LogP contribution in [0.1, 0.15) is 65.5 Å². The fraction of sp³-hybridized carbons (Fsp3) is 0.409. The zero-order valence-electron chi connectivity index (χ0n) is 17.0.